The van der Waals surface area contributed by atoms with Crippen LogP contribution < -0.4 is 4.90 Å². The standard InChI is InChI=1S/C52H35NO/c1-5-15-36(16-6-1)38-25-29-42(30-26-38)53(43-31-27-39(28-32-43)37-17-7-2-8-18-37)49-35-48-50-44(40-19-9-3-10-20-40)33-34-45(41-21-11-4-12-22-41)52(50)54-51(48)47-24-14-13-23-46(47)49/h1-35H/i1D,2D,3D,4D,5D,6D,7D,8D,9D,10D,11D,12D,13D,14D,15D,16D,17D,18D,19D,20D,21D,22D,23D,24D,25D,26D,27D,28D,29D,30D,31D,32D,33D,34D,35D. The molecule has 10 aromatic rings. The Morgan fingerprint density at radius 2 is 0.741 bits per heavy atom. The number of furan rings is 1. The molecule has 0 aliphatic rings. The Labute approximate surface area is 364 Å². The molecule has 0 spiro atoms. The number of rotatable bonds is 7. The summed E-state index contributed by atoms with van der Waals surface area (Å²) in [5, 5.41) is -3.68. The first kappa shape index (κ1) is 11.9. The lowest BCUT2D eigenvalue weighted by molar-refractivity contribution is 0.674. The molecule has 0 N–H and O–H groups in total. The largest absolute Gasteiger partial charge is 0.455 e. The van der Waals surface area contributed by atoms with Crippen molar-refractivity contribution in [2.75, 3.05) is 4.90 Å². The van der Waals surface area contributed by atoms with Crippen LogP contribution in [0.3, 0.4) is 0 Å². The van der Waals surface area contributed by atoms with Crippen LogP contribution in [0.1, 0.15) is 48.0 Å². The topological polar surface area (TPSA) is 16.4 Å². The van der Waals surface area contributed by atoms with Gasteiger partial charge in [-0.1, -0.05) is 175 Å². The van der Waals surface area contributed by atoms with Gasteiger partial charge in [0.2, 0.25) is 0 Å². The van der Waals surface area contributed by atoms with Gasteiger partial charge in [-0.25, -0.2) is 0 Å². The van der Waals surface area contributed by atoms with Crippen LogP contribution in [0.2, 0.25) is 0 Å². The zero-order valence-corrected chi connectivity index (χ0v) is 26.9. The van der Waals surface area contributed by atoms with Crippen LogP contribution in [-0.4, -0.2) is 0 Å². The molecule has 54 heavy (non-hydrogen) atoms. The van der Waals surface area contributed by atoms with E-state index in [1.54, 1.807) is 0 Å². The first-order valence-corrected chi connectivity index (χ1v) is 15.6. The van der Waals surface area contributed by atoms with Gasteiger partial charge in [0.25, 0.3) is 0 Å². The summed E-state index contributed by atoms with van der Waals surface area (Å²) in [6.07, 6.45) is 0. The molecule has 1 aromatic heterocycles. The lowest BCUT2D eigenvalue weighted by Gasteiger charge is -2.27. The highest BCUT2D eigenvalue weighted by Crippen LogP contribution is 2.48. The van der Waals surface area contributed by atoms with Crippen molar-refractivity contribution in [3.8, 4) is 44.5 Å². The van der Waals surface area contributed by atoms with Crippen molar-refractivity contribution in [1.29, 1.82) is 0 Å². The minimum atomic E-state index is -1.37. The number of anilines is 3. The van der Waals surface area contributed by atoms with E-state index in [1.165, 1.54) is 0 Å². The lowest BCUT2D eigenvalue weighted by Crippen LogP contribution is -2.10. The summed E-state index contributed by atoms with van der Waals surface area (Å²) >= 11 is 0. The molecule has 0 fully saturated rings. The Kier molecular flexibility index (Phi) is 2.97. The molecular formula is C52H35NO. The summed E-state index contributed by atoms with van der Waals surface area (Å²) in [5.41, 5.74) is -13.0. The van der Waals surface area contributed by atoms with Gasteiger partial charge in [-0.05, 0) is 75.2 Å². The average molecular weight is 725 g/mol. The van der Waals surface area contributed by atoms with Gasteiger partial charge in [-0.15, -0.1) is 0 Å². The Bertz CT molecular complexity index is 4660. The van der Waals surface area contributed by atoms with Crippen molar-refractivity contribution in [3.05, 3.63) is 211 Å². The zero-order valence-electron chi connectivity index (χ0n) is 61.9. The molecule has 0 aliphatic carbocycles. The van der Waals surface area contributed by atoms with Crippen molar-refractivity contribution >= 4 is 49.8 Å². The normalized spacial score (nSPS) is 20.4. The van der Waals surface area contributed by atoms with E-state index in [4.69, 9.17) is 34.6 Å². The molecule has 254 valence electrons. The molecule has 0 saturated carbocycles. The Morgan fingerprint density at radius 1 is 0.333 bits per heavy atom. The quantitative estimate of drug-likeness (QED) is 0.163. The van der Waals surface area contributed by atoms with E-state index in [0.717, 1.165) is 0 Å². The van der Waals surface area contributed by atoms with Gasteiger partial charge >= 0.3 is 0 Å². The molecule has 2 nitrogen and oxygen atoms in total. The predicted octanol–water partition coefficient (Wildman–Crippen LogP) is 14.9. The highest BCUT2D eigenvalue weighted by atomic mass is 16.3. The van der Waals surface area contributed by atoms with E-state index < -0.39 is 306 Å². The van der Waals surface area contributed by atoms with Crippen molar-refractivity contribution in [2.24, 2.45) is 0 Å². The van der Waals surface area contributed by atoms with E-state index in [2.05, 4.69) is 0 Å². The van der Waals surface area contributed by atoms with Crippen molar-refractivity contribution < 1.29 is 52.4 Å². The number of nitrogens with zero attached hydrogens (tertiary/aromatic N) is 1. The van der Waals surface area contributed by atoms with Crippen LogP contribution in [0.5, 0.6) is 0 Å². The molecule has 0 aliphatic heterocycles. The first-order chi connectivity index (χ1) is 41.4. The van der Waals surface area contributed by atoms with Crippen LogP contribution in [-0.2, 0) is 0 Å². The molecule has 0 radical (unpaired) electrons. The maximum absolute atomic E-state index is 10.5. The second-order valence-electron chi connectivity index (χ2n) is 11.0. The van der Waals surface area contributed by atoms with Gasteiger partial charge in [0.1, 0.15) is 11.2 Å². The smallest absolute Gasteiger partial charge is 0.143 e. The maximum atomic E-state index is 10.5. The third-order valence-electron chi connectivity index (χ3n) is 7.99. The van der Waals surface area contributed by atoms with Crippen LogP contribution in [0.15, 0.2) is 216 Å². The second kappa shape index (κ2) is 13.4. The second-order valence-corrected chi connectivity index (χ2v) is 11.0. The fourth-order valence-electron chi connectivity index (χ4n) is 5.68. The van der Waals surface area contributed by atoms with Gasteiger partial charge in [-0.3, -0.25) is 0 Å². The van der Waals surface area contributed by atoms with Gasteiger partial charge in [0.05, 0.1) is 53.7 Å². The molecule has 0 bridgehead atoms. The number of hydrogen-bond donors (Lipinski definition) is 0. The van der Waals surface area contributed by atoms with E-state index in [9.17, 15) is 17.8 Å². The van der Waals surface area contributed by atoms with Crippen molar-refractivity contribution in [2.45, 2.75) is 0 Å². The molecule has 0 amide bonds. The fraction of sp³-hybridized carbons (Fsp3) is 0. The maximum Gasteiger partial charge on any atom is 0.143 e. The molecule has 0 unspecified atom stereocenters. The van der Waals surface area contributed by atoms with Gasteiger partial charge < -0.3 is 9.32 Å². The highest BCUT2D eigenvalue weighted by Gasteiger charge is 2.23. The number of fused-ring (bicyclic) bond motifs is 5. The van der Waals surface area contributed by atoms with Crippen LogP contribution in [0, 0.1) is 0 Å². The minimum absolute atomic E-state index is 0.295. The monoisotopic (exact) mass is 724 g/mol. The fourth-order valence-corrected chi connectivity index (χ4v) is 5.68. The average Bonchev–Trinajstić information content (AvgIpc) is 1.64. The molecule has 0 atom stereocenters. The summed E-state index contributed by atoms with van der Waals surface area (Å²) in [4.78, 5) is 0.295. The molecule has 2 heteroatoms. The van der Waals surface area contributed by atoms with E-state index in [0.29, 0.717) is 4.90 Å². The summed E-state index contributed by atoms with van der Waals surface area (Å²) in [5.74, 6) is 0. The molecule has 1 heterocycles. The third-order valence-corrected chi connectivity index (χ3v) is 7.99. The summed E-state index contributed by atoms with van der Waals surface area (Å²) in [7, 11) is 0. The molecule has 10 rings (SSSR count). The zero-order chi connectivity index (χ0) is 66.3. The minimum Gasteiger partial charge on any atom is -0.455 e. The molecule has 0 saturated heterocycles. The van der Waals surface area contributed by atoms with Crippen molar-refractivity contribution in [3.63, 3.8) is 0 Å². The molecular weight excluding hydrogens is 655 g/mol. The Hall–Kier alpha value is -7.16. The SMILES string of the molecule is [2H]c1c([2H])c([2H])c(-c2c([2H])c([2H])c(N(c3c([2H])c([2H])c(-c4c([2H])c([2H])c([2H])c([2H])c4[2H])c([2H])c3[2H])c3c([2H])c4c(oc5c(-c6c([2H])c([2H])c([2H])c([2H])c6[2H])c([2H])c([2H])c(-c6c([2H])c([2H])c([2H])c([2H])c6[2H])c54)c4c([2H])c([2H])c([2H])c([2H])c34)c([2H])c2[2H])c([2H])c1[2H]. The summed E-state index contributed by atoms with van der Waals surface area (Å²) < 4.78 is 323. The van der Waals surface area contributed by atoms with E-state index >= 15 is 0 Å². The predicted molar refractivity (Wildman–Crippen MR) is 228 cm³/mol. The van der Waals surface area contributed by atoms with E-state index in [-0.39, 0.29) is 0 Å². The van der Waals surface area contributed by atoms with Crippen LogP contribution in [0.25, 0.3) is 77.2 Å². The number of hydrogen-bond acceptors (Lipinski definition) is 2. The van der Waals surface area contributed by atoms with Crippen molar-refractivity contribution in [1.82, 2.24) is 0 Å². The summed E-state index contributed by atoms with van der Waals surface area (Å²) in [6.45, 7) is 0. The Morgan fingerprint density at radius 3 is 1.26 bits per heavy atom. The van der Waals surface area contributed by atoms with Gasteiger partial charge in [-0.2, -0.15) is 0 Å². The molecule has 9 aromatic carbocycles. The van der Waals surface area contributed by atoms with Crippen LogP contribution in [0.4, 0.5) is 17.1 Å². The van der Waals surface area contributed by atoms with Gasteiger partial charge in [0.15, 0.2) is 0 Å². The highest BCUT2D eigenvalue weighted by molar-refractivity contribution is 6.24. The lowest BCUT2D eigenvalue weighted by atomic mass is 9.93. The summed E-state index contributed by atoms with van der Waals surface area (Å²) in [6, 6.07) is -39.2. The third kappa shape index (κ3) is 5.53. The van der Waals surface area contributed by atoms with Crippen LogP contribution >= 0.6 is 0 Å². The Balaban J connectivity index is 1.55. The number of benzene rings is 9. The first-order valence-electron chi connectivity index (χ1n) is 33.1. The van der Waals surface area contributed by atoms with E-state index in [1.807, 2.05) is 0 Å². The van der Waals surface area contributed by atoms with Gasteiger partial charge in [0, 0.05) is 38.5 Å².